The number of ether oxygens (including phenoxy) is 1. The number of para-hydroxylation sites is 1. The number of benzene rings is 3. The van der Waals surface area contributed by atoms with Crippen LogP contribution in [0.3, 0.4) is 0 Å². The van der Waals surface area contributed by atoms with Gasteiger partial charge in [-0.15, -0.1) is 0 Å². The fraction of sp³-hybridized carbons (Fsp3) is 0.350. The molecule has 2 N–H and O–H groups in total. The molecule has 4 rings (SSSR count). The highest BCUT2D eigenvalue weighted by molar-refractivity contribution is 5.97. The van der Waals surface area contributed by atoms with Crippen molar-refractivity contribution in [2.45, 2.75) is 70.9 Å². The van der Waals surface area contributed by atoms with Crippen LogP contribution >= 0.6 is 0 Å². The quantitative estimate of drug-likeness (QED) is 0.143. The third-order valence-corrected chi connectivity index (χ3v) is 8.23. The molecule has 1 atom stereocenters. The number of anilines is 1. The molecular formula is C40H43N3O7. The number of nitrogens with zero attached hydrogens (tertiary/aromatic N) is 1. The summed E-state index contributed by atoms with van der Waals surface area (Å²) < 4.78 is 5.49. The van der Waals surface area contributed by atoms with Crippen LogP contribution in [0.25, 0.3) is 0 Å². The van der Waals surface area contributed by atoms with Crippen molar-refractivity contribution in [3.05, 3.63) is 101 Å². The van der Waals surface area contributed by atoms with Gasteiger partial charge >= 0.3 is 0 Å². The van der Waals surface area contributed by atoms with E-state index in [4.69, 9.17) is 4.74 Å². The molecule has 0 radical (unpaired) electrons. The molecular weight excluding hydrogens is 634 g/mol. The molecule has 260 valence electrons. The second-order valence-corrected chi connectivity index (χ2v) is 12.1. The van der Waals surface area contributed by atoms with Gasteiger partial charge in [-0.2, -0.15) is 0 Å². The molecule has 1 aliphatic rings. The van der Waals surface area contributed by atoms with Crippen molar-refractivity contribution in [3.63, 3.8) is 0 Å². The lowest BCUT2D eigenvalue weighted by atomic mass is 10.0. The van der Waals surface area contributed by atoms with Gasteiger partial charge in [-0.05, 0) is 49.1 Å². The Morgan fingerprint density at radius 3 is 2.18 bits per heavy atom. The van der Waals surface area contributed by atoms with Crippen LogP contribution in [-0.4, -0.2) is 60.9 Å². The Morgan fingerprint density at radius 2 is 1.40 bits per heavy atom. The first-order valence-corrected chi connectivity index (χ1v) is 16.9. The number of carbonyl (C=O) groups excluding carboxylic acids is 6. The number of carbonyl (C=O) groups is 6. The fourth-order valence-corrected chi connectivity index (χ4v) is 5.39. The number of rotatable bonds is 19. The van der Waals surface area contributed by atoms with Gasteiger partial charge in [0.2, 0.25) is 17.7 Å². The minimum Gasteiger partial charge on any atom is -0.381 e. The predicted molar refractivity (Wildman–Crippen MR) is 189 cm³/mol. The Hall–Kier alpha value is -5.40. The lowest BCUT2D eigenvalue weighted by Crippen LogP contribution is -2.41. The molecule has 3 aromatic rings. The first-order valence-electron chi connectivity index (χ1n) is 16.9. The molecule has 3 aromatic carbocycles. The van der Waals surface area contributed by atoms with E-state index in [0.717, 1.165) is 27.9 Å². The van der Waals surface area contributed by atoms with Gasteiger partial charge in [0, 0.05) is 56.3 Å². The van der Waals surface area contributed by atoms with Crippen LogP contribution in [0, 0.1) is 11.8 Å². The van der Waals surface area contributed by atoms with E-state index in [2.05, 4.69) is 22.5 Å². The molecule has 0 spiro atoms. The largest absolute Gasteiger partial charge is 0.381 e. The van der Waals surface area contributed by atoms with E-state index in [1.54, 1.807) is 4.90 Å². The number of amides is 3. The molecule has 0 saturated heterocycles. The molecule has 10 heteroatoms. The van der Waals surface area contributed by atoms with Gasteiger partial charge in [0.15, 0.2) is 11.6 Å². The lowest BCUT2D eigenvalue weighted by molar-refractivity contribution is -0.129. The highest BCUT2D eigenvalue weighted by atomic mass is 16.5. The molecule has 1 aliphatic heterocycles. The average Bonchev–Trinajstić information content (AvgIpc) is 3.11. The van der Waals surface area contributed by atoms with Gasteiger partial charge in [0.05, 0.1) is 31.4 Å². The molecule has 0 aromatic heterocycles. The number of ketones is 3. The average molecular weight is 678 g/mol. The van der Waals surface area contributed by atoms with Crippen LogP contribution in [0.1, 0.15) is 74.1 Å². The van der Waals surface area contributed by atoms with E-state index in [0.29, 0.717) is 19.4 Å². The van der Waals surface area contributed by atoms with Crippen molar-refractivity contribution in [2.75, 3.05) is 24.7 Å². The van der Waals surface area contributed by atoms with Crippen molar-refractivity contribution in [1.82, 2.24) is 10.6 Å². The van der Waals surface area contributed by atoms with E-state index in [1.165, 1.54) is 6.92 Å². The third-order valence-electron chi connectivity index (χ3n) is 8.23. The maximum atomic E-state index is 13.3. The maximum Gasteiger partial charge on any atom is 0.227 e. The Balaban J connectivity index is 1.06. The highest BCUT2D eigenvalue weighted by Gasteiger charge is 2.22. The zero-order valence-corrected chi connectivity index (χ0v) is 28.4. The van der Waals surface area contributed by atoms with Crippen LogP contribution < -0.4 is 15.5 Å². The van der Waals surface area contributed by atoms with Gasteiger partial charge in [0.1, 0.15) is 5.78 Å². The zero-order valence-electron chi connectivity index (χ0n) is 28.4. The number of hydrogen-bond donors (Lipinski definition) is 2. The minimum atomic E-state index is -0.671. The van der Waals surface area contributed by atoms with Gasteiger partial charge in [-0.25, -0.2) is 0 Å². The number of nitrogens with one attached hydrogen (secondary N) is 2. The predicted octanol–water partition coefficient (Wildman–Crippen LogP) is 4.25. The number of hydrogen-bond acceptors (Lipinski definition) is 7. The summed E-state index contributed by atoms with van der Waals surface area (Å²) in [5.41, 5.74) is 4.24. The van der Waals surface area contributed by atoms with Gasteiger partial charge in [-0.3, -0.25) is 28.8 Å². The second kappa shape index (κ2) is 19.6. The van der Waals surface area contributed by atoms with Crippen molar-refractivity contribution >= 4 is 40.8 Å². The molecule has 0 saturated carbocycles. The summed E-state index contributed by atoms with van der Waals surface area (Å²) in [7, 11) is 0. The lowest BCUT2D eigenvalue weighted by Gasteiger charge is -2.26. The van der Waals surface area contributed by atoms with Gasteiger partial charge in [-0.1, -0.05) is 72.5 Å². The Labute approximate surface area is 293 Å². The van der Waals surface area contributed by atoms with Crippen LogP contribution in [0.4, 0.5) is 5.69 Å². The smallest absolute Gasteiger partial charge is 0.227 e. The Kier molecular flexibility index (Phi) is 14.6. The molecule has 10 nitrogen and oxygen atoms in total. The summed E-state index contributed by atoms with van der Waals surface area (Å²) in [6.45, 7) is 1.99. The minimum absolute atomic E-state index is 0.0413. The summed E-state index contributed by atoms with van der Waals surface area (Å²) in [6, 6.07) is 23.9. The highest BCUT2D eigenvalue weighted by Crippen LogP contribution is 2.26. The fourth-order valence-electron chi connectivity index (χ4n) is 5.39. The van der Waals surface area contributed by atoms with Crippen molar-refractivity contribution in [1.29, 1.82) is 0 Å². The molecule has 3 amide bonds. The summed E-state index contributed by atoms with van der Waals surface area (Å²) >= 11 is 0. The standard InChI is InChI=1S/C40H43N3O7/c1-29(44)36(26-30-10-3-2-4-11-30)42-39(48)21-19-35(46)27-41-38(47)23-25-50-24-9-15-34(45)20-22-40(49)43-28-33-14-6-5-12-31(33)17-18-32-13-7-8-16-37(32)43/h2-8,10-14,16,36H,9,15,19-28H2,1H3,(H,41,47)(H,42,48)/t36-/m0/s1. The SMILES string of the molecule is CC(=O)[C@H](Cc1ccccc1)NC(=O)CCC(=O)CNC(=O)CCOCCCC(=O)CCC(=O)N1Cc2ccccc2C#Cc2ccccc21. The van der Waals surface area contributed by atoms with Crippen LogP contribution in [0.5, 0.6) is 0 Å². The van der Waals surface area contributed by atoms with E-state index in [9.17, 15) is 28.8 Å². The molecule has 0 bridgehead atoms. The number of fused-ring (bicyclic) bond motifs is 2. The van der Waals surface area contributed by atoms with Crippen LogP contribution in [0.15, 0.2) is 78.9 Å². The molecule has 0 aliphatic carbocycles. The third kappa shape index (κ3) is 12.2. The van der Waals surface area contributed by atoms with Crippen LogP contribution in [0.2, 0.25) is 0 Å². The summed E-state index contributed by atoms with van der Waals surface area (Å²) in [5, 5.41) is 5.21. The number of Topliss-reactive ketones (excluding diaryl/α,β-unsaturated/α-hetero) is 3. The summed E-state index contributed by atoms with van der Waals surface area (Å²) in [4.78, 5) is 76.2. The Morgan fingerprint density at radius 1 is 0.720 bits per heavy atom. The monoisotopic (exact) mass is 677 g/mol. The van der Waals surface area contributed by atoms with E-state index < -0.39 is 11.9 Å². The Bertz CT molecular complexity index is 1740. The first kappa shape index (κ1) is 37.4. The second-order valence-electron chi connectivity index (χ2n) is 12.1. The first-order chi connectivity index (χ1) is 24.2. The maximum absolute atomic E-state index is 13.3. The van der Waals surface area contributed by atoms with E-state index >= 15 is 0 Å². The normalized spacial score (nSPS) is 12.1. The summed E-state index contributed by atoms with van der Waals surface area (Å²) in [6.07, 6.45) is 1.18. The van der Waals surface area contributed by atoms with E-state index in [-0.39, 0.29) is 87.4 Å². The van der Waals surface area contributed by atoms with Crippen molar-refractivity contribution in [2.24, 2.45) is 0 Å². The topological polar surface area (TPSA) is 139 Å². The van der Waals surface area contributed by atoms with Gasteiger partial charge < -0.3 is 20.3 Å². The van der Waals surface area contributed by atoms with Gasteiger partial charge in [0.25, 0.3) is 0 Å². The summed E-state index contributed by atoms with van der Waals surface area (Å²) in [5.74, 6) is 4.94. The molecule has 50 heavy (non-hydrogen) atoms. The van der Waals surface area contributed by atoms with Crippen molar-refractivity contribution in [3.8, 4) is 11.8 Å². The van der Waals surface area contributed by atoms with Crippen LogP contribution in [-0.2, 0) is 46.5 Å². The molecule has 0 fully saturated rings. The van der Waals surface area contributed by atoms with Crippen molar-refractivity contribution < 1.29 is 33.5 Å². The van der Waals surface area contributed by atoms with E-state index in [1.807, 2.05) is 78.9 Å². The molecule has 0 unspecified atom stereocenters. The zero-order chi connectivity index (χ0) is 35.7. The molecule has 1 heterocycles.